The molecule has 0 aromatic rings. The second-order valence-corrected chi connectivity index (χ2v) is 6.35. The third-order valence-electron chi connectivity index (χ3n) is 4.34. The van der Waals surface area contributed by atoms with E-state index in [1.165, 1.54) is 25.7 Å². The maximum Gasteiger partial charge on any atom is 0.303 e. The molecule has 0 spiro atoms. The third-order valence-corrected chi connectivity index (χ3v) is 4.34. The van der Waals surface area contributed by atoms with E-state index in [0.717, 1.165) is 31.8 Å². The zero-order chi connectivity index (χ0) is 12.3. The molecule has 0 saturated heterocycles. The molecule has 0 bridgehead atoms. The lowest BCUT2D eigenvalue weighted by atomic mass is 9.68. The summed E-state index contributed by atoms with van der Waals surface area (Å²) < 4.78 is 0. The minimum Gasteiger partial charge on any atom is -0.481 e. The van der Waals surface area contributed by atoms with Crippen molar-refractivity contribution < 1.29 is 9.90 Å². The summed E-state index contributed by atoms with van der Waals surface area (Å²) in [6.45, 7) is 4.26. The fourth-order valence-electron chi connectivity index (χ4n) is 3.34. The second kappa shape index (κ2) is 5.38. The number of carbonyl (C=O) groups is 1. The van der Waals surface area contributed by atoms with Crippen molar-refractivity contribution >= 4 is 5.97 Å². The maximum absolute atomic E-state index is 11.1. The SMILES string of the molecule is C[C@@H]1CCC[C@@](CNCC2CC2)(CC(=O)O)C1. The van der Waals surface area contributed by atoms with Crippen molar-refractivity contribution in [1.82, 2.24) is 5.32 Å². The number of nitrogens with one attached hydrogen (secondary N) is 1. The Balaban J connectivity index is 1.87. The molecule has 98 valence electrons. The summed E-state index contributed by atoms with van der Waals surface area (Å²) in [5, 5.41) is 12.6. The van der Waals surface area contributed by atoms with Gasteiger partial charge in [0, 0.05) is 6.54 Å². The molecular weight excluding hydrogens is 214 g/mol. The fraction of sp³-hybridized carbons (Fsp3) is 0.929. The Morgan fingerprint density at radius 2 is 2.18 bits per heavy atom. The van der Waals surface area contributed by atoms with Crippen LogP contribution in [0.4, 0.5) is 0 Å². The van der Waals surface area contributed by atoms with Gasteiger partial charge in [0.05, 0.1) is 6.42 Å². The van der Waals surface area contributed by atoms with Gasteiger partial charge in [0.25, 0.3) is 0 Å². The molecule has 2 rings (SSSR count). The first kappa shape index (κ1) is 12.9. The standard InChI is InChI=1S/C14H25NO2/c1-11-3-2-6-14(7-11,8-13(16)17)10-15-9-12-4-5-12/h11-12,15H,2-10H2,1H3,(H,16,17)/t11-,14+/m1/s1. The number of carboxylic acid groups (broad SMARTS) is 1. The molecule has 2 saturated carbocycles. The molecule has 3 heteroatoms. The summed E-state index contributed by atoms with van der Waals surface area (Å²) in [4.78, 5) is 11.1. The summed E-state index contributed by atoms with van der Waals surface area (Å²) in [7, 11) is 0. The van der Waals surface area contributed by atoms with Crippen molar-refractivity contribution in [1.29, 1.82) is 0 Å². The molecule has 17 heavy (non-hydrogen) atoms. The molecule has 2 aliphatic carbocycles. The predicted molar refractivity (Wildman–Crippen MR) is 67.9 cm³/mol. The van der Waals surface area contributed by atoms with E-state index >= 15 is 0 Å². The Labute approximate surface area is 104 Å². The van der Waals surface area contributed by atoms with Crippen molar-refractivity contribution in [2.24, 2.45) is 17.3 Å². The summed E-state index contributed by atoms with van der Waals surface area (Å²) in [6, 6.07) is 0. The quantitative estimate of drug-likeness (QED) is 0.749. The lowest BCUT2D eigenvalue weighted by Gasteiger charge is -2.39. The van der Waals surface area contributed by atoms with Gasteiger partial charge in [0.2, 0.25) is 0 Å². The van der Waals surface area contributed by atoms with E-state index in [1.807, 2.05) is 0 Å². The smallest absolute Gasteiger partial charge is 0.303 e. The number of hydrogen-bond acceptors (Lipinski definition) is 2. The van der Waals surface area contributed by atoms with Crippen LogP contribution in [0.2, 0.25) is 0 Å². The first-order valence-electron chi connectivity index (χ1n) is 7.02. The minimum atomic E-state index is -0.632. The third kappa shape index (κ3) is 3.98. The van der Waals surface area contributed by atoms with E-state index in [4.69, 9.17) is 5.11 Å². The minimum absolute atomic E-state index is 0.0262. The molecule has 0 heterocycles. The van der Waals surface area contributed by atoms with Gasteiger partial charge in [-0.2, -0.15) is 0 Å². The number of hydrogen-bond donors (Lipinski definition) is 2. The van der Waals surface area contributed by atoms with Gasteiger partial charge >= 0.3 is 5.97 Å². The van der Waals surface area contributed by atoms with Crippen molar-refractivity contribution in [3.8, 4) is 0 Å². The highest BCUT2D eigenvalue weighted by Gasteiger charge is 2.37. The van der Waals surface area contributed by atoms with Crippen molar-refractivity contribution in [2.45, 2.75) is 51.9 Å². The lowest BCUT2D eigenvalue weighted by molar-refractivity contribution is -0.140. The summed E-state index contributed by atoms with van der Waals surface area (Å²) >= 11 is 0. The second-order valence-electron chi connectivity index (χ2n) is 6.35. The Morgan fingerprint density at radius 3 is 2.76 bits per heavy atom. The average Bonchev–Trinajstić information content (AvgIpc) is 3.00. The Morgan fingerprint density at radius 1 is 1.41 bits per heavy atom. The number of rotatable bonds is 6. The van der Waals surface area contributed by atoms with E-state index < -0.39 is 5.97 Å². The summed E-state index contributed by atoms with van der Waals surface area (Å²) in [6.07, 6.45) is 7.68. The van der Waals surface area contributed by atoms with Gasteiger partial charge in [0.1, 0.15) is 0 Å². The molecule has 0 aromatic carbocycles. The molecule has 2 aliphatic rings. The first-order chi connectivity index (χ1) is 8.10. The van der Waals surface area contributed by atoms with Crippen molar-refractivity contribution in [2.75, 3.05) is 13.1 Å². The van der Waals surface area contributed by atoms with Crippen molar-refractivity contribution in [3.05, 3.63) is 0 Å². The van der Waals surface area contributed by atoms with Gasteiger partial charge in [-0.15, -0.1) is 0 Å². The zero-order valence-corrected chi connectivity index (χ0v) is 10.9. The van der Waals surface area contributed by atoms with Gasteiger partial charge in [0.15, 0.2) is 0 Å². The Hall–Kier alpha value is -0.570. The van der Waals surface area contributed by atoms with Crippen LogP contribution in [0, 0.1) is 17.3 Å². The van der Waals surface area contributed by atoms with Gasteiger partial charge < -0.3 is 10.4 Å². The van der Waals surface area contributed by atoms with Crippen LogP contribution in [-0.4, -0.2) is 24.2 Å². The number of aliphatic carboxylic acids is 1. The summed E-state index contributed by atoms with van der Waals surface area (Å²) in [5.41, 5.74) is 0.0262. The fourth-order valence-corrected chi connectivity index (χ4v) is 3.34. The van der Waals surface area contributed by atoms with Crippen LogP contribution >= 0.6 is 0 Å². The van der Waals surface area contributed by atoms with Crippen LogP contribution in [-0.2, 0) is 4.79 Å². The highest BCUT2D eigenvalue weighted by molar-refractivity contribution is 5.67. The van der Waals surface area contributed by atoms with Crippen LogP contribution in [0.1, 0.15) is 51.9 Å². The monoisotopic (exact) mass is 239 g/mol. The van der Waals surface area contributed by atoms with Crippen molar-refractivity contribution in [3.63, 3.8) is 0 Å². The van der Waals surface area contributed by atoms with E-state index in [9.17, 15) is 4.79 Å². The van der Waals surface area contributed by atoms with Crippen LogP contribution < -0.4 is 5.32 Å². The van der Waals surface area contributed by atoms with E-state index in [-0.39, 0.29) is 5.41 Å². The zero-order valence-electron chi connectivity index (χ0n) is 10.9. The highest BCUT2D eigenvalue weighted by atomic mass is 16.4. The molecule has 0 aromatic heterocycles. The lowest BCUT2D eigenvalue weighted by Crippen LogP contribution is -2.40. The van der Waals surface area contributed by atoms with Crippen LogP contribution in [0.25, 0.3) is 0 Å². The largest absolute Gasteiger partial charge is 0.481 e. The molecular formula is C14H25NO2. The van der Waals surface area contributed by atoms with Crippen LogP contribution in [0.5, 0.6) is 0 Å². The van der Waals surface area contributed by atoms with Gasteiger partial charge in [-0.05, 0) is 49.5 Å². The molecule has 0 unspecified atom stereocenters. The van der Waals surface area contributed by atoms with Gasteiger partial charge in [-0.3, -0.25) is 4.79 Å². The number of carboxylic acids is 1. The van der Waals surface area contributed by atoms with Crippen LogP contribution in [0.3, 0.4) is 0 Å². The van der Waals surface area contributed by atoms with E-state index in [2.05, 4.69) is 12.2 Å². The molecule has 2 N–H and O–H groups in total. The predicted octanol–water partition coefficient (Wildman–Crippen LogP) is 2.66. The topological polar surface area (TPSA) is 49.3 Å². The van der Waals surface area contributed by atoms with Gasteiger partial charge in [-0.1, -0.05) is 19.8 Å². The van der Waals surface area contributed by atoms with E-state index in [1.54, 1.807) is 0 Å². The maximum atomic E-state index is 11.1. The average molecular weight is 239 g/mol. The molecule has 3 nitrogen and oxygen atoms in total. The molecule has 0 aliphatic heterocycles. The Kier molecular flexibility index (Phi) is 4.08. The normalized spacial score (nSPS) is 33.6. The summed E-state index contributed by atoms with van der Waals surface area (Å²) in [5.74, 6) is 0.927. The molecule has 0 amide bonds. The first-order valence-corrected chi connectivity index (χ1v) is 7.02. The van der Waals surface area contributed by atoms with Gasteiger partial charge in [-0.25, -0.2) is 0 Å². The van der Waals surface area contributed by atoms with E-state index in [0.29, 0.717) is 12.3 Å². The molecule has 2 atom stereocenters. The molecule has 0 radical (unpaired) electrons. The highest BCUT2D eigenvalue weighted by Crippen LogP contribution is 2.41. The van der Waals surface area contributed by atoms with Crippen LogP contribution in [0.15, 0.2) is 0 Å². The Bertz CT molecular complexity index is 275. The molecule has 2 fully saturated rings.